The molecule has 1 aliphatic rings. The maximum absolute atomic E-state index is 12.7. The van der Waals surface area contributed by atoms with E-state index in [0.717, 1.165) is 49.2 Å². The van der Waals surface area contributed by atoms with E-state index in [1.165, 1.54) is 0 Å². The lowest BCUT2D eigenvalue weighted by Gasteiger charge is -2.38. The van der Waals surface area contributed by atoms with E-state index in [0.29, 0.717) is 6.54 Å². The summed E-state index contributed by atoms with van der Waals surface area (Å²) in [5.41, 5.74) is 1.68. The van der Waals surface area contributed by atoms with Gasteiger partial charge < -0.3 is 10.4 Å². The summed E-state index contributed by atoms with van der Waals surface area (Å²) in [5, 5.41) is 13.8. The molecule has 1 amide bonds. The van der Waals surface area contributed by atoms with Gasteiger partial charge in [0.25, 0.3) is 0 Å². The van der Waals surface area contributed by atoms with Gasteiger partial charge in [-0.1, -0.05) is 13.0 Å². The summed E-state index contributed by atoms with van der Waals surface area (Å²) in [6.07, 6.45) is 2.27. The quantitative estimate of drug-likeness (QED) is 0.828. The lowest BCUT2D eigenvalue weighted by molar-refractivity contribution is -0.121. The van der Waals surface area contributed by atoms with E-state index in [1.807, 2.05) is 44.2 Å². The number of amides is 1. The molecule has 0 radical (unpaired) electrons. The van der Waals surface area contributed by atoms with Gasteiger partial charge in [0.2, 0.25) is 5.91 Å². The summed E-state index contributed by atoms with van der Waals surface area (Å²) >= 11 is 0. The van der Waals surface area contributed by atoms with Crippen molar-refractivity contribution in [3.63, 3.8) is 0 Å². The van der Waals surface area contributed by atoms with Crippen LogP contribution in [0.5, 0.6) is 0 Å². The number of nitrogens with zero attached hydrogens (tertiary/aromatic N) is 3. The lowest BCUT2D eigenvalue weighted by atomic mass is 10.1. The molecule has 1 aromatic carbocycles. The number of β-amino-alcohol motifs (C(OH)–C–C–N with tert-alkyl or cyclic N) is 1. The van der Waals surface area contributed by atoms with Gasteiger partial charge in [0.15, 0.2) is 0 Å². The topological polar surface area (TPSA) is 68.7 Å². The molecule has 2 aromatic rings. The van der Waals surface area contributed by atoms with E-state index in [2.05, 4.69) is 20.1 Å². The molecule has 0 bridgehead atoms. The van der Waals surface area contributed by atoms with Crippen molar-refractivity contribution in [2.75, 3.05) is 38.0 Å². The Morgan fingerprint density at radius 2 is 2.00 bits per heavy atom. The second-order valence-electron chi connectivity index (χ2n) is 6.94. The minimum Gasteiger partial charge on any atom is -0.392 e. The van der Waals surface area contributed by atoms with Crippen LogP contribution in [0.1, 0.15) is 20.3 Å². The number of anilines is 1. The number of hydrogen-bond acceptors (Lipinski definition) is 5. The maximum Gasteiger partial charge on any atom is 0.241 e. The standard InChI is InChI=1S/C20H28N4O2/c1-3-16(25)14-23-10-12-24(13-11-23)15(2)20(26)22-19-8-4-7-18-17(19)6-5-9-21-18/h4-9,15-16,25H,3,10-14H2,1-2H3,(H,22,26)/t15-,16-/m0/s1. The number of carbonyl (C=O) groups is 1. The zero-order valence-electron chi connectivity index (χ0n) is 15.6. The molecule has 2 heterocycles. The number of nitrogens with one attached hydrogen (secondary N) is 1. The summed E-state index contributed by atoms with van der Waals surface area (Å²) in [4.78, 5) is 21.5. The molecule has 0 saturated carbocycles. The highest BCUT2D eigenvalue weighted by atomic mass is 16.3. The van der Waals surface area contributed by atoms with Crippen molar-refractivity contribution >= 4 is 22.5 Å². The molecule has 1 aromatic heterocycles. The molecule has 1 aliphatic heterocycles. The molecule has 1 fully saturated rings. The van der Waals surface area contributed by atoms with Gasteiger partial charge in [0.05, 0.1) is 23.3 Å². The Bertz CT molecular complexity index is 738. The Balaban J connectivity index is 1.58. The van der Waals surface area contributed by atoms with E-state index < -0.39 is 0 Å². The number of carbonyl (C=O) groups excluding carboxylic acids is 1. The molecule has 0 spiro atoms. The minimum atomic E-state index is -0.262. The molecule has 0 aliphatic carbocycles. The molecule has 2 N–H and O–H groups in total. The average molecular weight is 356 g/mol. The Labute approximate surface area is 154 Å². The van der Waals surface area contributed by atoms with Gasteiger partial charge in [0, 0.05) is 44.3 Å². The van der Waals surface area contributed by atoms with Crippen LogP contribution in [0.15, 0.2) is 36.5 Å². The van der Waals surface area contributed by atoms with E-state index in [9.17, 15) is 9.90 Å². The second-order valence-corrected chi connectivity index (χ2v) is 6.94. The van der Waals surface area contributed by atoms with E-state index in [4.69, 9.17) is 0 Å². The smallest absolute Gasteiger partial charge is 0.241 e. The monoisotopic (exact) mass is 356 g/mol. The fourth-order valence-electron chi connectivity index (χ4n) is 3.38. The highest BCUT2D eigenvalue weighted by molar-refractivity contribution is 6.02. The number of aromatic nitrogens is 1. The zero-order chi connectivity index (χ0) is 18.5. The number of benzene rings is 1. The zero-order valence-corrected chi connectivity index (χ0v) is 15.6. The van der Waals surface area contributed by atoms with E-state index >= 15 is 0 Å². The largest absolute Gasteiger partial charge is 0.392 e. The van der Waals surface area contributed by atoms with E-state index in [-0.39, 0.29) is 18.1 Å². The number of fused-ring (bicyclic) bond motifs is 1. The van der Waals surface area contributed by atoms with Gasteiger partial charge in [-0.2, -0.15) is 0 Å². The second kappa shape index (κ2) is 8.58. The normalized spacial score (nSPS) is 18.6. The first-order valence-corrected chi connectivity index (χ1v) is 9.37. The van der Waals surface area contributed by atoms with Gasteiger partial charge in [-0.3, -0.25) is 19.6 Å². The highest BCUT2D eigenvalue weighted by Gasteiger charge is 2.26. The molecule has 140 valence electrons. The molecule has 1 saturated heterocycles. The Morgan fingerprint density at radius 1 is 1.23 bits per heavy atom. The minimum absolute atomic E-state index is 0.00314. The van der Waals surface area contributed by atoms with Crippen LogP contribution in [0.25, 0.3) is 10.9 Å². The van der Waals surface area contributed by atoms with Crippen LogP contribution < -0.4 is 5.32 Å². The first kappa shape index (κ1) is 18.8. The number of rotatable bonds is 6. The van der Waals surface area contributed by atoms with Crippen LogP contribution in [0.3, 0.4) is 0 Å². The van der Waals surface area contributed by atoms with Gasteiger partial charge in [-0.05, 0) is 37.6 Å². The number of aliphatic hydroxyl groups is 1. The van der Waals surface area contributed by atoms with Crippen molar-refractivity contribution in [1.82, 2.24) is 14.8 Å². The van der Waals surface area contributed by atoms with Gasteiger partial charge >= 0.3 is 0 Å². The van der Waals surface area contributed by atoms with Crippen molar-refractivity contribution in [2.24, 2.45) is 0 Å². The van der Waals surface area contributed by atoms with Crippen LogP contribution in [0.2, 0.25) is 0 Å². The van der Waals surface area contributed by atoms with Gasteiger partial charge in [0.1, 0.15) is 0 Å². The third kappa shape index (κ3) is 4.38. The van der Waals surface area contributed by atoms with Crippen molar-refractivity contribution in [1.29, 1.82) is 0 Å². The average Bonchev–Trinajstić information content (AvgIpc) is 2.68. The fraction of sp³-hybridized carbons (Fsp3) is 0.500. The van der Waals surface area contributed by atoms with Crippen molar-refractivity contribution in [3.8, 4) is 0 Å². The molecule has 3 rings (SSSR count). The number of piperazine rings is 1. The lowest BCUT2D eigenvalue weighted by Crippen LogP contribution is -2.53. The summed E-state index contributed by atoms with van der Waals surface area (Å²) in [6, 6.07) is 9.43. The molecule has 0 unspecified atom stereocenters. The molecule has 6 heteroatoms. The first-order valence-electron chi connectivity index (χ1n) is 9.37. The van der Waals surface area contributed by atoms with Crippen LogP contribution >= 0.6 is 0 Å². The third-order valence-electron chi connectivity index (χ3n) is 5.18. The Hall–Kier alpha value is -2.02. The van der Waals surface area contributed by atoms with Crippen molar-refractivity contribution < 1.29 is 9.90 Å². The number of hydrogen-bond donors (Lipinski definition) is 2. The van der Waals surface area contributed by atoms with Gasteiger partial charge in [-0.25, -0.2) is 0 Å². The molecule has 2 atom stereocenters. The first-order chi connectivity index (χ1) is 12.6. The summed E-state index contributed by atoms with van der Waals surface area (Å²) in [6.45, 7) is 8.10. The summed E-state index contributed by atoms with van der Waals surface area (Å²) in [5.74, 6) is 0.00314. The summed E-state index contributed by atoms with van der Waals surface area (Å²) < 4.78 is 0. The van der Waals surface area contributed by atoms with Crippen LogP contribution in [0.4, 0.5) is 5.69 Å². The predicted octanol–water partition coefficient (Wildman–Crippen LogP) is 1.95. The number of aliphatic hydroxyl groups excluding tert-OH is 1. The van der Waals surface area contributed by atoms with Crippen LogP contribution in [-0.2, 0) is 4.79 Å². The Kier molecular flexibility index (Phi) is 6.19. The van der Waals surface area contributed by atoms with Gasteiger partial charge in [-0.15, -0.1) is 0 Å². The molecule has 6 nitrogen and oxygen atoms in total. The molecular formula is C20H28N4O2. The van der Waals surface area contributed by atoms with E-state index in [1.54, 1.807) is 6.20 Å². The number of pyridine rings is 1. The SMILES string of the molecule is CC[C@H](O)CN1CCN([C@@H](C)C(=O)Nc2cccc3ncccc23)CC1. The maximum atomic E-state index is 12.7. The predicted molar refractivity (Wildman–Crippen MR) is 104 cm³/mol. The third-order valence-corrected chi connectivity index (χ3v) is 5.18. The Morgan fingerprint density at radius 3 is 2.73 bits per heavy atom. The van der Waals surface area contributed by atoms with Crippen LogP contribution in [0, 0.1) is 0 Å². The summed E-state index contributed by atoms with van der Waals surface area (Å²) in [7, 11) is 0. The fourth-order valence-corrected chi connectivity index (χ4v) is 3.38. The van der Waals surface area contributed by atoms with Crippen molar-refractivity contribution in [3.05, 3.63) is 36.5 Å². The molecular weight excluding hydrogens is 328 g/mol. The highest BCUT2D eigenvalue weighted by Crippen LogP contribution is 2.22. The molecule has 26 heavy (non-hydrogen) atoms. The van der Waals surface area contributed by atoms with Crippen LogP contribution in [-0.4, -0.2) is 70.7 Å². The van der Waals surface area contributed by atoms with Crippen molar-refractivity contribution in [2.45, 2.75) is 32.4 Å².